The lowest BCUT2D eigenvalue weighted by atomic mass is 10.1. The first kappa shape index (κ1) is 11.2. The van der Waals surface area contributed by atoms with Gasteiger partial charge >= 0.3 is 0 Å². The second-order valence-corrected chi connectivity index (χ2v) is 6.47. The van der Waals surface area contributed by atoms with Crippen molar-refractivity contribution in [2.75, 3.05) is 5.73 Å². The van der Waals surface area contributed by atoms with Gasteiger partial charge in [0.05, 0.1) is 5.69 Å². The number of halogens is 1. The molecule has 1 aliphatic rings. The average Bonchev–Trinajstić information content (AvgIpc) is 3.07. The summed E-state index contributed by atoms with van der Waals surface area (Å²) in [5.74, 6) is 0.675. The highest BCUT2D eigenvalue weighted by molar-refractivity contribution is 9.10. The number of nitrogens with zero attached hydrogens (tertiary/aromatic N) is 1. The summed E-state index contributed by atoms with van der Waals surface area (Å²) in [5.41, 5.74) is 8.39. The van der Waals surface area contributed by atoms with Gasteiger partial charge in [0.25, 0.3) is 0 Å². The van der Waals surface area contributed by atoms with Gasteiger partial charge in [-0.3, -0.25) is 0 Å². The van der Waals surface area contributed by atoms with Crippen LogP contribution >= 0.6 is 27.3 Å². The van der Waals surface area contributed by atoms with Crippen LogP contribution < -0.4 is 5.73 Å². The number of nitrogens with two attached hydrogens (primary N) is 1. The minimum absolute atomic E-state index is 0.675. The van der Waals surface area contributed by atoms with Gasteiger partial charge in [0.15, 0.2) is 5.13 Å². The van der Waals surface area contributed by atoms with Gasteiger partial charge in [0.1, 0.15) is 0 Å². The Kier molecular flexibility index (Phi) is 2.92. The Morgan fingerprint density at radius 2 is 2.00 bits per heavy atom. The lowest BCUT2D eigenvalue weighted by molar-refractivity contribution is 1.01. The molecule has 0 aliphatic heterocycles. The van der Waals surface area contributed by atoms with Crippen LogP contribution in [0, 0.1) is 0 Å². The summed E-state index contributed by atoms with van der Waals surface area (Å²) in [6, 6.07) is 8.46. The number of hydrogen-bond acceptors (Lipinski definition) is 3. The monoisotopic (exact) mass is 308 g/mol. The van der Waals surface area contributed by atoms with E-state index >= 15 is 0 Å². The predicted octanol–water partition coefficient (Wildman–Crippen LogP) is 3.96. The van der Waals surface area contributed by atoms with Crippen molar-refractivity contribution in [1.82, 2.24) is 4.98 Å². The Labute approximate surface area is 113 Å². The van der Waals surface area contributed by atoms with Gasteiger partial charge in [-0.15, -0.1) is 11.3 Å². The van der Waals surface area contributed by atoms with E-state index in [0.717, 1.165) is 10.9 Å². The van der Waals surface area contributed by atoms with Crippen LogP contribution in [0.1, 0.15) is 34.9 Å². The minimum atomic E-state index is 0.675. The van der Waals surface area contributed by atoms with E-state index in [1.165, 1.54) is 29.0 Å². The lowest BCUT2D eigenvalue weighted by Gasteiger charge is -2.01. The zero-order valence-corrected chi connectivity index (χ0v) is 11.7. The van der Waals surface area contributed by atoms with Gasteiger partial charge in [-0.1, -0.05) is 28.1 Å². The molecule has 0 spiro atoms. The van der Waals surface area contributed by atoms with Gasteiger partial charge in [0.2, 0.25) is 0 Å². The largest absolute Gasteiger partial charge is 0.375 e. The Hall–Kier alpha value is -0.870. The number of aromatic nitrogens is 1. The molecule has 88 valence electrons. The first-order valence-corrected chi connectivity index (χ1v) is 7.33. The van der Waals surface area contributed by atoms with E-state index in [1.807, 2.05) is 0 Å². The molecule has 3 rings (SSSR count). The first-order chi connectivity index (χ1) is 8.22. The molecule has 17 heavy (non-hydrogen) atoms. The maximum Gasteiger partial charge on any atom is 0.180 e. The fourth-order valence-electron chi connectivity index (χ4n) is 1.97. The molecule has 1 saturated carbocycles. The van der Waals surface area contributed by atoms with E-state index < -0.39 is 0 Å². The topological polar surface area (TPSA) is 38.9 Å². The minimum Gasteiger partial charge on any atom is -0.375 e. The molecule has 1 heterocycles. The van der Waals surface area contributed by atoms with Crippen molar-refractivity contribution >= 4 is 32.4 Å². The van der Waals surface area contributed by atoms with Crippen LogP contribution in [0.25, 0.3) is 0 Å². The van der Waals surface area contributed by atoms with Crippen LogP contribution in [0.4, 0.5) is 5.13 Å². The van der Waals surface area contributed by atoms with Crippen molar-refractivity contribution < 1.29 is 0 Å². The first-order valence-electron chi connectivity index (χ1n) is 5.72. The van der Waals surface area contributed by atoms with Crippen molar-refractivity contribution in [2.45, 2.75) is 25.2 Å². The zero-order valence-electron chi connectivity index (χ0n) is 9.32. The molecule has 2 nitrogen and oxygen atoms in total. The van der Waals surface area contributed by atoms with Gasteiger partial charge in [-0.25, -0.2) is 4.98 Å². The molecule has 2 aromatic rings. The van der Waals surface area contributed by atoms with Crippen molar-refractivity contribution in [1.29, 1.82) is 0 Å². The van der Waals surface area contributed by atoms with Gasteiger partial charge in [-0.2, -0.15) is 0 Å². The van der Waals surface area contributed by atoms with E-state index in [0.29, 0.717) is 11.0 Å². The normalized spacial score (nSPS) is 15.1. The summed E-state index contributed by atoms with van der Waals surface area (Å²) in [6.07, 6.45) is 3.50. The zero-order chi connectivity index (χ0) is 11.8. The molecular formula is C13H13BrN2S. The number of rotatable bonds is 3. The Morgan fingerprint density at radius 3 is 2.65 bits per heavy atom. The van der Waals surface area contributed by atoms with E-state index in [9.17, 15) is 0 Å². The maximum absolute atomic E-state index is 5.82. The quantitative estimate of drug-likeness (QED) is 0.932. The summed E-state index contributed by atoms with van der Waals surface area (Å²) in [4.78, 5) is 5.81. The standard InChI is InChI=1S/C13H13BrN2S/c14-10-5-1-8(2-6-10)7-11-12(9-3-4-9)16-13(15)17-11/h1-2,5-6,9H,3-4,7H2,(H2,15,16). The molecule has 1 aromatic heterocycles. The molecule has 2 N–H and O–H groups in total. The van der Waals surface area contributed by atoms with Crippen LogP contribution in [0.2, 0.25) is 0 Å². The Balaban J connectivity index is 1.86. The molecule has 0 bridgehead atoms. The summed E-state index contributed by atoms with van der Waals surface area (Å²) < 4.78 is 1.12. The van der Waals surface area contributed by atoms with Crippen LogP contribution in [0.3, 0.4) is 0 Å². The van der Waals surface area contributed by atoms with Crippen LogP contribution in [-0.2, 0) is 6.42 Å². The number of nitrogen functional groups attached to an aromatic ring is 1. The molecule has 1 fully saturated rings. The second kappa shape index (κ2) is 4.42. The van der Waals surface area contributed by atoms with E-state index in [-0.39, 0.29) is 0 Å². The average molecular weight is 309 g/mol. The highest BCUT2D eigenvalue weighted by Gasteiger charge is 2.29. The fourth-order valence-corrected chi connectivity index (χ4v) is 3.19. The molecule has 1 aliphatic carbocycles. The summed E-state index contributed by atoms with van der Waals surface area (Å²) in [5, 5.41) is 0.707. The Morgan fingerprint density at radius 1 is 1.29 bits per heavy atom. The smallest absolute Gasteiger partial charge is 0.180 e. The molecule has 0 atom stereocenters. The fraction of sp³-hybridized carbons (Fsp3) is 0.308. The van der Waals surface area contributed by atoms with Crippen LogP contribution in [-0.4, -0.2) is 4.98 Å². The van der Waals surface area contributed by atoms with Gasteiger partial charge < -0.3 is 5.73 Å². The summed E-state index contributed by atoms with van der Waals surface area (Å²) in [6.45, 7) is 0. The Bertz CT molecular complexity index is 529. The van der Waals surface area contributed by atoms with Crippen molar-refractivity contribution in [3.63, 3.8) is 0 Å². The van der Waals surface area contributed by atoms with Crippen molar-refractivity contribution in [2.24, 2.45) is 0 Å². The molecule has 0 saturated heterocycles. The predicted molar refractivity (Wildman–Crippen MR) is 75.4 cm³/mol. The van der Waals surface area contributed by atoms with Crippen LogP contribution in [0.5, 0.6) is 0 Å². The second-order valence-electron chi connectivity index (χ2n) is 4.44. The third-order valence-electron chi connectivity index (χ3n) is 2.99. The van der Waals surface area contributed by atoms with Gasteiger partial charge in [-0.05, 0) is 30.5 Å². The van der Waals surface area contributed by atoms with E-state index in [2.05, 4.69) is 45.2 Å². The number of anilines is 1. The number of thiazole rings is 1. The van der Waals surface area contributed by atoms with Gasteiger partial charge in [0, 0.05) is 21.7 Å². The molecule has 1 aromatic carbocycles. The number of hydrogen-bond donors (Lipinski definition) is 1. The number of benzene rings is 1. The maximum atomic E-state index is 5.82. The SMILES string of the molecule is Nc1nc(C2CC2)c(Cc2ccc(Br)cc2)s1. The summed E-state index contributed by atoms with van der Waals surface area (Å²) in [7, 11) is 0. The molecule has 4 heteroatoms. The third kappa shape index (κ3) is 2.53. The highest BCUT2D eigenvalue weighted by Crippen LogP contribution is 2.43. The van der Waals surface area contributed by atoms with Crippen LogP contribution in [0.15, 0.2) is 28.7 Å². The third-order valence-corrected chi connectivity index (χ3v) is 4.42. The van der Waals surface area contributed by atoms with E-state index in [4.69, 9.17) is 5.73 Å². The lowest BCUT2D eigenvalue weighted by Crippen LogP contribution is -1.91. The molecule has 0 radical (unpaired) electrons. The molecule has 0 unspecified atom stereocenters. The molecular weight excluding hydrogens is 296 g/mol. The highest BCUT2D eigenvalue weighted by atomic mass is 79.9. The van der Waals surface area contributed by atoms with Crippen molar-refractivity contribution in [3.8, 4) is 0 Å². The van der Waals surface area contributed by atoms with E-state index in [1.54, 1.807) is 11.3 Å². The summed E-state index contributed by atoms with van der Waals surface area (Å²) >= 11 is 5.09. The molecule has 0 amide bonds. The van der Waals surface area contributed by atoms with Crippen molar-refractivity contribution in [3.05, 3.63) is 44.9 Å².